The van der Waals surface area contributed by atoms with E-state index in [1.807, 2.05) is 24.3 Å². The molecule has 1 fully saturated rings. The van der Waals surface area contributed by atoms with Crippen molar-refractivity contribution in [1.82, 2.24) is 5.32 Å². The molecule has 4 heteroatoms. The second-order valence-electron chi connectivity index (χ2n) is 4.79. The number of carbonyl (C=O) groups excluding carboxylic acids is 1. The normalized spacial score (nSPS) is 23.7. The molecule has 1 aliphatic heterocycles. The highest BCUT2D eigenvalue weighted by molar-refractivity contribution is 9.10. The van der Waals surface area contributed by atoms with Gasteiger partial charge >= 0.3 is 5.97 Å². The number of hydrogen-bond donors (Lipinski definition) is 1. The van der Waals surface area contributed by atoms with Crippen LogP contribution in [0.15, 0.2) is 28.7 Å². The van der Waals surface area contributed by atoms with E-state index >= 15 is 0 Å². The predicted octanol–water partition coefficient (Wildman–Crippen LogP) is 2.88. The van der Waals surface area contributed by atoms with Crippen molar-refractivity contribution in [3.05, 3.63) is 34.3 Å². The van der Waals surface area contributed by atoms with Crippen molar-refractivity contribution in [3.63, 3.8) is 0 Å². The Balaban J connectivity index is 1.85. The number of halogens is 1. The summed E-state index contributed by atoms with van der Waals surface area (Å²) in [7, 11) is 0. The Kier molecular flexibility index (Phi) is 4.78. The van der Waals surface area contributed by atoms with Crippen molar-refractivity contribution in [3.8, 4) is 0 Å². The van der Waals surface area contributed by atoms with Gasteiger partial charge in [-0.1, -0.05) is 35.0 Å². The average molecular weight is 312 g/mol. The molecule has 1 aromatic rings. The van der Waals surface area contributed by atoms with Gasteiger partial charge in [0.15, 0.2) is 0 Å². The third-order valence-corrected chi connectivity index (χ3v) is 3.85. The third-order valence-electron chi connectivity index (χ3n) is 3.32. The molecule has 0 saturated carbocycles. The fourth-order valence-corrected chi connectivity index (χ4v) is 2.45. The Hall–Kier alpha value is -0.870. The molecular formula is C14H18BrNO2. The molecule has 2 unspecified atom stereocenters. The summed E-state index contributed by atoms with van der Waals surface area (Å²) in [6.07, 6.45) is 2.22. The molecule has 3 nitrogen and oxygen atoms in total. The van der Waals surface area contributed by atoms with Crippen LogP contribution in [0.3, 0.4) is 0 Å². The molecule has 0 amide bonds. The van der Waals surface area contributed by atoms with Crippen LogP contribution in [0.25, 0.3) is 0 Å². The van der Waals surface area contributed by atoms with Crippen molar-refractivity contribution in [2.75, 3.05) is 6.54 Å². The summed E-state index contributed by atoms with van der Waals surface area (Å²) in [6, 6.07) is 7.66. The van der Waals surface area contributed by atoms with Gasteiger partial charge in [0, 0.05) is 4.47 Å². The van der Waals surface area contributed by atoms with E-state index in [0.29, 0.717) is 12.5 Å². The third kappa shape index (κ3) is 3.56. The van der Waals surface area contributed by atoms with Gasteiger partial charge in [-0.05, 0) is 43.0 Å². The van der Waals surface area contributed by atoms with Crippen LogP contribution >= 0.6 is 15.9 Å². The molecule has 98 valence electrons. The quantitative estimate of drug-likeness (QED) is 0.872. The van der Waals surface area contributed by atoms with Crippen molar-refractivity contribution in [1.29, 1.82) is 0 Å². The van der Waals surface area contributed by atoms with Gasteiger partial charge in [-0.25, -0.2) is 0 Å². The van der Waals surface area contributed by atoms with Gasteiger partial charge in [-0.3, -0.25) is 4.79 Å². The molecule has 0 radical (unpaired) electrons. The number of esters is 1. The minimum absolute atomic E-state index is 0.134. The zero-order chi connectivity index (χ0) is 13.0. The lowest BCUT2D eigenvalue weighted by Crippen LogP contribution is -2.46. The maximum Gasteiger partial charge on any atom is 0.323 e. The van der Waals surface area contributed by atoms with Gasteiger partial charge in [0.05, 0.1) is 0 Å². The fraction of sp³-hybridized carbons (Fsp3) is 0.500. The van der Waals surface area contributed by atoms with Gasteiger partial charge in [0.25, 0.3) is 0 Å². The molecule has 1 aliphatic rings. The van der Waals surface area contributed by atoms with Crippen LogP contribution in [0.1, 0.15) is 25.3 Å². The zero-order valence-electron chi connectivity index (χ0n) is 10.5. The van der Waals surface area contributed by atoms with E-state index in [-0.39, 0.29) is 12.0 Å². The average Bonchev–Trinajstić information content (AvgIpc) is 2.38. The van der Waals surface area contributed by atoms with Crippen LogP contribution in [0.4, 0.5) is 0 Å². The second kappa shape index (κ2) is 6.34. The number of ether oxygens (including phenoxy) is 1. The van der Waals surface area contributed by atoms with Gasteiger partial charge in [-0.2, -0.15) is 0 Å². The Morgan fingerprint density at radius 3 is 2.83 bits per heavy atom. The number of hydrogen-bond acceptors (Lipinski definition) is 3. The first-order chi connectivity index (χ1) is 8.66. The Labute approximate surface area is 116 Å². The maximum absolute atomic E-state index is 12.0. The lowest BCUT2D eigenvalue weighted by molar-refractivity contribution is -0.149. The van der Waals surface area contributed by atoms with Crippen molar-refractivity contribution in [2.24, 2.45) is 5.92 Å². The molecule has 18 heavy (non-hydrogen) atoms. The summed E-state index contributed by atoms with van der Waals surface area (Å²) < 4.78 is 6.39. The molecule has 0 bridgehead atoms. The van der Waals surface area contributed by atoms with Gasteiger partial charge in [-0.15, -0.1) is 0 Å². The summed E-state index contributed by atoms with van der Waals surface area (Å²) in [4.78, 5) is 12.0. The van der Waals surface area contributed by atoms with E-state index in [1.54, 1.807) is 0 Å². The first-order valence-corrected chi connectivity index (χ1v) is 7.10. The van der Waals surface area contributed by atoms with Crippen molar-refractivity contribution < 1.29 is 9.53 Å². The number of benzene rings is 1. The topological polar surface area (TPSA) is 38.3 Å². The van der Waals surface area contributed by atoms with E-state index in [1.165, 1.54) is 0 Å². The van der Waals surface area contributed by atoms with Crippen LogP contribution in [0.2, 0.25) is 0 Å². The van der Waals surface area contributed by atoms with Gasteiger partial charge in [0.1, 0.15) is 12.6 Å². The van der Waals surface area contributed by atoms with E-state index < -0.39 is 0 Å². The van der Waals surface area contributed by atoms with Crippen molar-refractivity contribution >= 4 is 21.9 Å². The highest BCUT2D eigenvalue weighted by Gasteiger charge is 2.28. The van der Waals surface area contributed by atoms with Crippen molar-refractivity contribution in [2.45, 2.75) is 32.4 Å². The smallest absolute Gasteiger partial charge is 0.323 e. The van der Waals surface area contributed by atoms with Crippen LogP contribution in [0.5, 0.6) is 0 Å². The molecule has 0 aromatic heterocycles. The minimum atomic E-state index is -0.144. The maximum atomic E-state index is 12.0. The molecule has 1 aromatic carbocycles. The molecular weight excluding hydrogens is 294 g/mol. The summed E-state index contributed by atoms with van der Waals surface area (Å²) in [6.45, 7) is 3.34. The highest BCUT2D eigenvalue weighted by atomic mass is 79.9. The van der Waals surface area contributed by atoms with Crippen LogP contribution in [-0.4, -0.2) is 18.6 Å². The van der Waals surface area contributed by atoms with Crippen LogP contribution < -0.4 is 5.32 Å². The van der Waals surface area contributed by atoms with Gasteiger partial charge < -0.3 is 10.1 Å². The summed E-state index contributed by atoms with van der Waals surface area (Å²) in [5.74, 6) is 0.223. The summed E-state index contributed by atoms with van der Waals surface area (Å²) in [5.41, 5.74) is 1.01. The van der Waals surface area contributed by atoms with E-state index in [9.17, 15) is 4.79 Å². The molecule has 1 saturated heterocycles. The zero-order valence-corrected chi connectivity index (χ0v) is 12.1. The summed E-state index contributed by atoms with van der Waals surface area (Å²) >= 11 is 3.38. The molecule has 2 atom stereocenters. The first-order valence-electron chi connectivity index (χ1n) is 6.31. The number of nitrogens with one attached hydrogen (secondary N) is 1. The molecule has 1 N–H and O–H groups in total. The number of rotatable bonds is 3. The standard InChI is InChI=1S/C14H18BrNO2/c1-10-3-2-8-16-13(10)14(17)18-9-11-4-6-12(15)7-5-11/h4-7,10,13,16H,2-3,8-9H2,1H3. The number of carbonyl (C=O) groups is 1. The molecule has 0 spiro atoms. The van der Waals surface area contributed by atoms with Crippen LogP contribution in [-0.2, 0) is 16.1 Å². The minimum Gasteiger partial charge on any atom is -0.460 e. The van der Waals surface area contributed by atoms with E-state index in [4.69, 9.17) is 4.74 Å². The largest absolute Gasteiger partial charge is 0.460 e. The second-order valence-corrected chi connectivity index (χ2v) is 5.70. The van der Waals surface area contributed by atoms with Gasteiger partial charge in [0.2, 0.25) is 0 Å². The first kappa shape index (κ1) is 13.6. The molecule has 2 rings (SSSR count). The number of piperidine rings is 1. The SMILES string of the molecule is CC1CCCNC1C(=O)OCc1ccc(Br)cc1. The monoisotopic (exact) mass is 311 g/mol. The lowest BCUT2D eigenvalue weighted by Gasteiger charge is -2.28. The molecule has 0 aliphatic carbocycles. The Morgan fingerprint density at radius 2 is 2.17 bits per heavy atom. The Morgan fingerprint density at radius 1 is 1.44 bits per heavy atom. The summed E-state index contributed by atoms with van der Waals surface area (Å²) in [5, 5.41) is 3.23. The van der Waals surface area contributed by atoms with E-state index in [0.717, 1.165) is 29.4 Å². The highest BCUT2D eigenvalue weighted by Crippen LogP contribution is 2.17. The Bertz CT molecular complexity index is 405. The lowest BCUT2D eigenvalue weighted by atomic mass is 9.93. The van der Waals surface area contributed by atoms with E-state index in [2.05, 4.69) is 28.2 Å². The van der Waals surface area contributed by atoms with Crippen LogP contribution in [0, 0.1) is 5.92 Å². The fourth-order valence-electron chi connectivity index (χ4n) is 2.19. The molecule has 1 heterocycles. The predicted molar refractivity (Wildman–Crippen MR) is 74.1 cm³/mol.